The highest BCUT2D eigenvalue weighted by atomic mass is 32.2. The second kappa shape index (κ2) is 17.7. The van der Waals surface area contributed by atoms with Gasteiger partial charge in [-0.3, -0.25) is 4.79 Å². The summed E-state index contributed by atoms with van der Waals surface area (Å²) in [5.41, 5.74) is -1.13. The number of thioether (sulfide) groups is 1. The van der Waals surface area contributed by atoms with Crippen LogP contribution in [0.1, 0.15) is 117 Å². The molecule has 3 saturated carbocycles. The summed E-state index contributed by atoms with van der Waals surface area (Å²) in [6.07, 6.45) is 0.696. The maximum atomic E-state index is 14.1. The van der Waals surface area contributed by atoms with Crippen molar-refractivity contribution >= 4 is 43.0 Å². The van der Waals surface area contributed by atoms with Crippen molar-refractivity contribution in [2.24, 2.45) is 17.3 Å². The number of hydrogen-bond donors (Lipinski definition) is 1. The Kier molecular flexibility index (Phi) is 13.5. The Bertz CT molecular complexity index is 1940. The normalized spacial score (nSPS) is 23.8. The van der Waals surface area contributed by atoms with E-state index in [0.29, 0.717) is 41.6 Å². The number of ether oxygens (including phenoxy) is 5. The van der Waals surface area contributed by atoms with Crippen LogP contribution in [0.3, 0.4) is 0 Å². The summed E-state index contributed by atoms with van der Waals surface area (Å²) < 4.78 is 42.5. The molecule has 2 aromatic rings. The Morgan fingerprint density at radius 1 is 0.885 bits per heavy atom. The van der Waals surface area contributed by atoms with Crippen LogP contribution in [-0.2, 0) is 40.5 Å². The van der Waals surface area contributed by atoms with Gasteiger partial charge in [0, 0.05) is 11.5 Å². The molecule has 2 heterocycles. The molecule has 15 heteroatoms. The average Bonchev–Trinajstić information content (AvgIpc) is 3.46. The van der Waals surface area contributed by atoms with Crippen molar-refractivity contribution in [3.63, 3.8) is 0 Å². The minimum absolute atomic E-state index is 0.00481. The summed E-state index contributed by atoms with van der Waals surface area (Å²) in [5, 5.41) is 2.77. The predicted molar refractivity (Wildman–Crippen MR) is 234 cm³/mol. The molecule has 2 amide bonds. The smallest absolute Gasteiger partial charge is 0.486 e. The number of nitrogens with one attached hydrogen (secondary N) is 1. The van der Waals surface area contributed by atoms with Gasteiger partial charge in [0.15, 0.2) is 5.75 Å². The second-order valence-electron chi connectivity index (χ2n) is 20.6. The molecule has 2 bridgehead atoms. The van der Waals surface area contributed by atoms with E-state index >= 15 is 0 Å². The van der Waals surface area contributed by atoms with Crippen LogP contribution in [0.5, 0.6) is 11.5 Å². The molecule has 7 rings (SSSR count). The highest BCUT2D eigenvalue weighted by Crippen LogP contribution is 2.65. The van der Waals surface area contributed by atoms with E-state index < -0.39 is 54.3 Å². The highest BCUT2D eigenvalue weighted by molar-refractivity contribution is 7.98. The third-order valence-corrected chi connectivity index (χ3v) is 13.0. The van der Waals surface area contributed by atoms with Gasteiger partial charge >= 0.3 is 25.3 Å². The highest BCUT2D eigenvalue weighted by Gasteiger charge is 2.67. The Labute approximate surface area is 366 Å². The molecule has 61 heavy (non-hydrogen) atoms. The van der Waals surface area contributed by atoms with Crippen molar-refractivity contribution < 1.29 is 52.2 Å². The molecule has 2 aliphatic heterocycles. The van der Waals surface area contributed by atoms with Gasteiger partial charge in [0.05, 0.1) is 24.8 Å². The molecular weight excluding hydrogens is 799 g/mol. The van der Waals surface area contributed by atoms with Crippen LogP contribution in [-0.4, -0.2) is 95.6 Å². The first-order valence-electron chi connectivity index (χ1n) is 21.5. The van der Waals surface area contributed by atoms with Crippen LogP contribution in [0.2, 0.25) is 6.32 Å². The first-order valence-corrected chi connectivity index (χ1v) is 22.7. The van der Waals surface area contributed by atoms with Crippen LogP contribution >= 0.6 is 11.8 Å². The molecule has 0 radical (unpaired) electrons. The van der Waals surface area contributed by atoms with Crippen LogP contribution in [0, 0.1) is 17.3 Å². The summed E-state index contributed by atoms with van der Waals surface area (Å²) in [6, 6.07) is 12.5. The number of esters is 1. The molecule has 5 fully saturated rings. The SMILES string of the molecule is CC(C)(C)OC(=O)N[C@H](CSCc1ccccc1)C(=O)N1CC(Oc2ccc(CCB3O[C@@H]4C[C@@H]5C[C@@H](C5(C)C)[C@]4(C)O3)c(OC(=O)OC(C)(C)C)c2C(=O)OC(C)(C)C)C1. The fraction of sp³-hybridized carbons (Fsp3) is 0.652. The fourth-order valence-corrected chi connectivity index (χ4v) is 9.84. The Hall–Kier alpha value is -3.95. The molecule has 334 valence electrons. The van der Waals surface area contributed by atoms with Gasteiger partial charge < -0.3 is 43.2 Å². The van der Waals surface area contributed by atoms with Crippen molar-refractivity contribution in [1.29, 1.82) is 0 Å². The van der Waals surface area contributed by atoms with E-state index in [4.69, 9.17) is 33.0 Å². The number of rotatable bonds is 13. The van der Waals surface area contributed by atoms with Crippen LogP contribution in [0.15, 0.2) is 42.5 Å². The minimum Gasteiger partial charge on any atom is -0.486 e. The number of amides is 2. The summed E-state index contributed by atoms with van der Waals surface area (Å²) in [5.74, 6) is 1.05. The number of likely N-dealkylation sites (tertiary alicyclic amines) is 1. The first kappa shape index (κ1) is 46.6. The molecule has 2 aromatic carbocycles. The van der Waals surface area contributed by atoms with E-state index in [2.05, 4.69) is 26.1 Å². The molecule has 0 aromatic heterocycles. The van der Waals surface area contributed by atoms with Crippen molar-refractivity contribution in [2.45, 2.75) is 155 Å². The summed E-state index contributed by atoms with van der Waals surface area (Å²) in [4.78, 5) is 55.8. The third-order valence-electron chi connectivity index (χ3n) is 11.9. The summed E-state index contributed by atoms with van der Waals surface area (Å²) in [6.45, 7) is 22.9. The Morgan fingerprint density at radius 2 is 1.54 bits per heavy atom. The summed E-state index contributed by atoms with van der Waals surface area (Å²) >= 11 is 1.53. The number of alkyl carbamates (subject to hydrolysis) is 1. The van der Waals surface area contributed by atoms with E-state index in [0.717, 1.165) is 18.4 Å². The maximum absolute atomic E-state index is 14.1. The Balaban J connectivity index is 1.20. The Morgan fingerprint density at radius 3 is 2.16 bits per heavy atom. The van der Waals surface area contributed by atoms with E-state index in [9.17, 15) is 19.2 Å². The van der Waals surface area contributed by atoms with Crippen molar-refractivity contribution in [1.82, 2.24) is 10.2 Å². The zero-order valence-corrected chi connectivity index (χ0v) is 38.8. The number of aryl methyl sites for hydroxylation is 1. The number of benzene rings is 2. The van der Waals surface area contributed by atoms with E-state index in [1.54, 1.807) is 79.3 Å². The van der Waals surface area contributed by atoms with E-state index in [1.165, 1.54) is 11.8 Å². The monoisotopic (exact) mass is 864 g/mol. The lowest BCUT2D eigenvalue weighted by Gasteiger charge is -2.64. The van der Waals surface area contributed by atoms with Gasteiger partial charge in [0.25, 0.3) is 0 Å². The molecule has 5 aliphatic rings. The van der Waals surface area contributed by atoms with Crippen LogP contribution in [0.25, 0.3) is 0 Å². The number of hydrogen-bond acceptors (Lipinski definition) is 12. The molecule has 1 N–H and O–H groups in total. The maximum Gasteiger partial charge on any atom is 0.514 e. The van der Waals surface area contributed by atoms with Gasteiger partial charge in [-0.05, 0) is 129 Å². The lowest BCUT2D eigenvalue weighted by molar-refractivity contribution is -0.199. The van der Waals surface area contributed by atoms with Gasteiger partial charge in [0.1, 0.15) is 40.3 Å². The van der Waals surface area contributed by atoms with Crippen LogP contribution < -0.4 is 14.8 Å². The molecule has 0 spiro atoms. The zero-order valence-electron chi connectivity index (χ0n) is 38.0. The molecule has 5 atom stereocenters. The zero-order chi connectivity index (χ0) is 44.7. The van der Waals surface area contributed by atoms with Gasteiger partial charge in [0.2, 0.25) is 5.91 Å². The average molecular weight is 865 g/mol. The molecule has 13 nitrogen and oxygen atoms in total. The standard InChI is InChI=1S/C46H65BN2O11S/c1-42(2,3)56-39(51)36-33(54-31-24-49(25-31)38(50)32(48-40(52)57-43(4,5)6)27-61-26-28-16-14-13-15-17-28)19-18-29(37(36)55-41(53)58-44(7,8)9)20-21-47-59-35-23-30-22-34(45(30,10)11)46(35,12)60-47/h13-19,30-32,34-35H,20-27H2,1-12H3,(H,48,52)/t30-,32+,34-,35+,46-/m0/s1. The number of carbonyl (C=O) groups is 4. The van der Waals surface area contributed by atoms with Gasteiger partial charge in [-0.2, -0.15) is 11.8 Å². The number of nitrogens with zero attached hydrogens (tertiary/aromatic N) is 1. The van der Waals surface area contributed by atoms with Gasteiger partial charge in [-0.25, -0.2) is 14.4 Å². The predicted octanol–water partition coefficient (Wildman–Crippen LogP) is 8.64. The molecule has 0 unspecified atom stereocenters. The van der Waals surface area contributed by atoms with Crippen LogP contribution in [0.4, 0.5) is 9.59 Å². The van der Waals surface area contributed by atoms with E-state index in [-0.39, 0.29) is 53.2 Å². The number of carbonyl (C=O) groups excluding carboxylic acids is 4. The third kappa shape index (κ3) is 11.4. The molecule has 3 aliphatic carbocycles. The molecular formula is C46H65BN2O11S. The van der Waals surface area contributed by atoms with Crippen molar-refractivity contribution in [2.75, 3.05) is 18.8 Å². The lowest BCUT2D eigenvalue weighted by Crippen LogP contribution is -2.65. The van der Waals surface area contributed by atoms with Gasteiger partial charge in [-0.1, -0.05) is 50.2 Å². The quantitative estimate of drug-likeness (QED) is 0.0890. The van der Waals surface area contributed by atoms with Crippen molar-refractivity contribution in [3.8, 4) is 11.5 Å². The minimum atomic E-state index is -0.987. The summed E-state index contributed by atoms with van der Waals surface area (Å²) in [7, 11) is -0.482. The van der Waals surface area contributed by atoms with Crippen molar-refractivity contribution in [3.05, 3.63) is 59.2 Å². The van der Waals surface area contributed by atoms with E-state index in [1.807, 2.05) is 30.3 Å². The largest absolute Gasteiger partial charge is 0.514 e. The van der Waals surface area contributed by atoms with Gasteiger partial charge in [-0.15, -0.1) is 0 Å². The lowest BCUT2D eigenvalue weighted by atomic mass is 9.43. The fourth-order valence-electron chi connectivity index (χ4n) is 8.83. The topological polar surface area (TPSA) is 148 Å². The molecule has 2 saturated heterocycles. The second-order valence-corrected chi connectivity index (χ2v) is 21.6. The first-order chi connectivity index (χ1) is 28.3.